The number of carbonyl (C=O) groups is 1. The standard InChI is InChI=1S/C16H19NO/c17-15-7-6-14(10-15)16(18)9-11-4-5-12-2-1-3-13(12)8-11/h4-8,14-15H,1-3,9-10,17H2. The van der Waals surface area contributed by atoms with Gasteiger partial charge in [-0.05, 0) is 42.4 Å². The smallest absolute Gasteiger partial charge is 0.144 e. The van der Waals surface area contributed by atoms with Gasteiger partial charge < -0.3 is 5.73 Å². The Balaban J connectivity index is 1.69. The molecule has 3 rings (SSSR count). The fourth-order valence-electron chi connectivity index (χ4n) is 3.03. The topological polar surface area (TPSA) is 43.1 Å². The molecule has 0 aromatic heterocycles. The van der Waals surface area contributed by atoms with Gasteiger partial charge in [-0.25, -0.2) is 0 Å². The number of nitrogens with two attached hydrogens (primary N) is 1. The molecule has 2 heteroatoms. The van der Waals surface area contributed by atoms with Gasteiger partial charge in [0, 0.05) is 18.4 Å². The van der Waals surface area contributed by atoms with Crippen molar-refractivity contribution in [1.29, 1.82) is 0 Å². The van der Waals surface area contributed by atoms with Gasteiger partial charge in [-0.2, -0.15) is 0 Å². The lowest BCUT2D eigenvalue weighted by Gasteiger charge is -2.09. The molecule has 2 atom stereocenters. The van der Waals surface area contributed by atoms with Crippen LogP contribution in [-0.4, -0.2) is 11.8 Å². The van der Waals surface area contributed by atoms with Gasteiger partial charge in [0.1, 0.15) is 5.78 Å². The lowest BCUT2D eigenvalue weighted by atomic mass is 9.95. The number of Topliss-reactive ketones (excluding diaryl/α,β-unsaturated/α-hetero) is 1. The first kappa shape index (κ1) is 11.7. The summed E-state index contributed by atoms with van der Waals surface area (Å²) in [6.45, 7) is 0. The van der Waals surface area contributed by atoms with Gasteiger partial charge in [0.2, 0.25) is 0 Å². The van der Waals surface area contributed by atoms with Gasteiger partial charge in [0.05, 0.1) is 0 Å². The maximum atomic E-state index is 12.2. The molecule has 2 nitrogen and oxygen atoms in total. The third kappa shape index (κ3) is 2.25. The highest BCUT2D eigenvalue weighted by molar-refractivity contribution is 5.85. The fraction of sp³-hybridized carbons (Fsp3) is 0.438. The van der Waals surface area contributed by atoms with Crippen LogP contribution < -0.4 is 5.73 Å². The number of aryl methyl sites for hydroxylation is 2. The van der Waals surface area contributed by atoms with Crippen LogP contribution in [-0.2, 0) is 24.1 Å². The van der Waals surface area contributed by atoms with E-state index in [1.807, 2.05) is 12.2 Å². The zero-order chi connectivity index (χ0) is 12.5. The molecule has 0 saturated carbocycles. The normalized spacial score (nSPS) is 25.4. The number of hydrogen-bond acceptors (Lipinski definition) is 2. The van der Waals surface area contributed by atoms with E-state index in [1.165, 1.54) is 30.4 Å². The van der Waals surface area contributed by atoms with Gasteiger partial charge in [0.25, 0.3) is 0 Å². The van der Waals surface area contributed by atoms with E-state index in [2.05, 4.69) is 18.2 Å². The van der Waals surface area contributed by atoms with Crippen LogP contribution in [0.2, 0.25) is 0 Å². The van der Waals surface area contributed by atoms with E-state index in [9.17, 15) is 4.79 Å². The Labute approximate surface area is 108 Å². The third-order valence-corrected chi connectivity index (χ3v) is 4.07. The molecule has 0 heterocycles. The van der Waals surface area contributed by atoms with Crippen molar-refractivity contribution in [1.82, 2.24) is 0 Å². The molecule has 0 saturated heterocycles. The summed E-state index contributed by atoms with van der Waals surface area (Å²) >= 11 is 0. The van der Waals surface area contributed by atoms with Crippen LogP contribution in [0.3, 0.4) is 0 Å². The summed E-state index contributed by atoms with van der Waals surface area (Å²) in [5.74, 6) is 0.338. The molecule has 1 aromatic rings. The minimum absolute atomic E-state index is 0.0354. The first-order valence-corrected chi connectivity index (χ1v) is 6.79. The number of ketones is 1. The second-order valence-corrected chi connectivity index (χ2v) is 5.49. The van der Waals surface area contributed by atoms with Gasteiger partial charge in [-0.15, -0.1) is 0 Å². The predicted molar refractivity (Wildman–Crippen MR) is 72.4 cm³/mol. The lowest BCUT2D eigenvalue weighted by Crippen LogP contribution is -2.20. The van der Waals surface area contributed by atoms with Crippen molar-refractivity contribution in [2.24, 2.45) is 11.7 Å². The van der Waals surface area contributed by atoms with Gasteiger partial charge >= 0.3 is 0 Å². The van der Waals surface area contributed by atoms with E-state index in [0.29, 0.717) is 12.2 Å². The highest BCUT2D eigenvalue weighted by Gasteiger charge is 2.23. The van der Waals surface area contributed by atoms with Gasteiger partial charge in [-0.3, -0.25) is 4.79 Å². The Bertz CT molecular complexity index is 504. The fourth-order valence-corrected chi connectivity index (χ4v) is 3.03. The summed E-state index contributed by atoms with van der Waals surface area (Å²) in [7, 11) is 0. The van der Waals surface area contributed by atoms with E-state index >= 15 is 0 Å². The molecule has 0 bridgehead atoms. The molecule has 94 valence electrons. The Kier molecular flexibility index (Phi) is 3.04. The van der Waals surface area contributed by atoms with E-state index in [0.717, 1.165) is 12.0 Å². The maximum absolute atomic E-state index is 12.2. The van der Waals surface area contributed by atoms with E-state index < -0.39 is 0 Å². The summed E-state index contributed by atoms with van der Waals surface area (Å²) in [5.41, 5.74) is 9.86. The number of benzene rings is 1. The second kappa shape index (κ2) is 4.69. The number of rotatable bonds is 3. The third-order valence-electron chi connectivity index (χ3n) is 4.07. The van der Waals surface area contributed by atoms with Crippen molar-refractivity contribution in [3.8, 4) is 0 Å². The highest BCUT2D eigenvalue weighted by atomic mass is 16.1. The molecule has 2 N–H and O–H groups in total. The largest absolute Gasteiger partial charge is 0.324 e. The zero-order valence-electron chi connectivity index (χ0n) is 10.6. The van der Waals surface area contributed by atoms with Crippen molar-refractivity contribution < 1.29 is 4.79 Å². The van der Waals surface area contributed by atoms with Crippen LogP contribution in [0.15, 0.2) is 30.4 Å². The van der Waals surface area contributed by atoms with Crippen molar-refractivity contribution in [3.05, 3.63) is 47.0 Å². The van der Waals surface area contributed by atoms with Crippen molar-refractivity contribution in [2.45, 2.75) is 38.1 Å². The van der Waals surface area contributed by atoms with Crippen LogP contribution >= 0.6 is 0 Å². The van der Waals surface area contributed by atoms with Crippen LogP contribution in [0.1, 0.15) is 29.5 Å². The van der Waals surface area contributed by atoms with E-state index in [4.69, 9.17) is 5.73 Å². The number of fused-ring (bicyclic) bond motifs is 1. The Hall–Kier alpha value is -1.41. The summed E-state index contributed by atoms with van der Waals surface area (Å²) < 4.78 is 0. The first-order chi connectivity index (χ1) is 8.72. The maximum Gasteiger partial charge on any atom is 0.144 e. The Morgan fingerprint density at radius 3 is 2.83 bits per heavy atom. The molecule has 2 aliphatic carbocycles. The van der Waals surface area contributed by atoms with Crippen LogP contribution in [0, 0.1) is 5.92 Å². The molecule has 0 fully saturated rings. The first-order valence-electron chi connectivity index (χ1n) is 6.79. The summed E-state index contributed by atoms with van der Waals surface area (Å²) in [6, 6.07) is 6.60. The summed E-state index contributed by atoms with van der Waals surface area (Å²) in [4.78, 5) is 12.2. The second-order valence-electron chi connectivity index (χ2n) is 5.49. The zero-order valence-corrected chi connectivity index (χ0v) is 10.6. The molecule has 0 aliphatic heterocycles. The minimum Gasteiger partial charge on any atom is -0.324 e. The Morgan fingerprint density at radius 2 is 2.06 bits per heavy atom. The number of hydrogen-bond donors (Lipinski definition) is 1. The average Bonchev–Trinajstić information content (AvgIpc) is 2.96. The molecule has 2 unspecified atom stereocenters. The van der Waals surface area contributed by atoms with E-state index in [-0.39, 0.29) is 12.0 Å². The van der Waals surface area contributed by atoms with Gasteiger partial charge in [-0.1, -0.05) is 30.4 Å². The van der Waals surface area contributed by atoms with Crippen LogP contribution in [0.25, 0.3) is 0 Å². The molecular formula is C16H19NO. The number of allylic oxidation sites excluding steroid dienone is 1. The van der Waals surface area contributed by atoms with Gasteiger partial charge in [0.15, 0.2) is 0 Å². The molecular weight excluding hydrogens is 222 g/mol. The minimum atomic E-state index is 0.0354. The number of carbonyl (C=O) groups excluding carboxylic acids is 1. The lowest BCUT2D eigenvalue weighted by molar-refractivity contribution is -0.120. The molecule has 0 spiro atoms. The molecule has 18 heavy (non-hydrogen) atoms. The SMILES string of the molecule is NC1C=CC(C(=O)Cc2ccc3c(c2)CCC3)C1. The Morgan fingerprint density at radius 1 is 1.22 bits per heavy atom. The van der Waals surface area contributed by atoms with Crippen molar-refractivity contribution in [2.75, 3.05) is 0 Å². The summed E-state index contributed by atoms with van der Waals surface area (Å²) in [6.07, 6.45) is 8.88. The van der Waals surface area contributed by atoms with Crippen molar-refractivity contribution >= 4 is 5.78 Å². The quantitative estimate of drug-likeness (QED) is 0.824. The summed E-state index contributed by atoms with van der Waals surface area (Å²) in [5, 5.41) is 0. The molecule has 0 amide bonds. The predicted octanol–water partition coefficient (Wildman–Crippen LogP) is 2.19. The average molecular weight is 241 g/mol. The van der Waals surface area contributed by atoms with E-state index in [1.54, 1.807) is 0 Å². The molecule has 1 aromatic carbocycles. The molecule has 0 radical (unpaired) electrons. The van der Waals surface area contributed by atoms with Crippen LogP contribution in [0.5, 0.6) is 0 Å². The molecule has 2 aliphatic rings. The highest BCUT2D eigenvalue weighted by Crippen LogP contribution is 2.24. The monoisotopic (exact) mass is 241 g/mol. The van der Waals surface area contributed by atoms with Crippen molar-refractivity contribution in [3.63, 3.8) is 0 Å². The van der Waals surface area contributed by atoms with Crippen LogP contribution in [0.4, 0.5) is 0 Å².